The van der Waals surface area contributed by atoms with E-state index in [9.17, 15) is 4.79 Å². The third kappa shape index (κ3) is 9.55. The predicted octanol–water partition coefficient (Wildman–Crippen LogP) is 1.49. The molecule has 2 N–H and O–H groups in total. The molecule has 14 heavy (non-hydrogen) atoms. The number of carbonyl (C=O) groups excluding carboxylic acids is 1. The van der Waals surface area contributed by atoms with Crippen LogP contribution in [-0.2, 0) is 4.79 Å². The molecular weight excluding hydrogens is 200 g/mol. The van der Waals surface area contributed by atoms with Crippen LogP contribution in [0.5, 0.6) is 0 Å². The van der Waals surface area contributed by atoms with Gasteiger partial charge in [-0.2, -0.15) is 0 Å². The topological polar surface area (TPSA) is 41.1 Å². The number of halogens is 1. The van der Waals surface area contributed by atoms with E-state index >= 15 is 0 Å². The van der Waals surface area contributed by atoms with Gasteiger partial charge in [-0.25, -0.2) is 0 Å². The largest absolute Gasteiger partial charge is 0.356 e. The second-order valence-electron chi connectivity index (χ2n) is 3.64. The Bertz CT molecular complexity index is 193. The lowest BCUT2D eigenvalue weighted by Gasteiger charge is -2.07. The zero-order chi connectivity index (χ0) is 11.0. The molecule has 4 heteroatoms. The number of hydrogen-bond donors (Lipinski definition) is 2. The van der Waals surface area contributed by atoms with E-state index in [1.54, 1.807) is 0 Å². The normalized spacial score (nSPS) is 10.3. The standard InChI is InChI=1S/C10H19ClN2O/c1-8(2)6-13-10(14)4-5-12-7-9(3)11/h8,12H,3-7H2,1-2H3,(H,13,14). The van der Waals surface area contributed by atoms with Crippen LogP contribution in [0.2, 0.25) is 0 Å². The summed E-state index contributed by atoms with van der Waals surface area (Å²) >= 11 is 5.54. The molecule has 0 atom stereocenters. The van der Waals surface area contributed by atoms with E-state index in [1.807, 2.05) is 0 Å². The molecule has 0 heterocycles. The number of rotatable bonds is 7. The maximum absolute atomic E-state index is 11.2. The van der Waals surface area contributed by atoms with E-state index in [0.29, 0.717) is 30.5 Å². The lowest BCUT2D eigenvalue weighted by atomic mass is 10.2. The van der Waals surface area contributed by atoms with Crippen LogP contribution in [0.15, 0.2) is 11.6 Å². The van der Waals surface area contributed by atoms with Crippen LogP contribution < -0.4 is 10.6 Å². The summed E-state index contributed by atoms with van der Waals surface area (Å²) in [5.41, 5.74) is 0. The first-order chi connectivity index (χ1) is 6.52. The van der Waals surface area contributed by atoms with Crippen LogP contribution in [0.1, 0.15) is 20.3 Å². The lowest BCUT2D eigenvalue weighted by Crippen LogP contribution is -2.30. The highest BCUT2D eigenvalue weighted by Gasteiger charge is 2.01. The van der Waals surface area contributed by atoms with E-state index in [-0.39, 0.29) is 5.91 Å². The lowest BCUT2D eigenvalue weighted by molar-refractivity contribution is -0.121. The van der Waals surface area contributed by atoms with Crippen molar-refractivity contribution in [2.24, 2.45) is 5.92 Å². The van der Waals surface area contributed by atoms with Crippen LogP contribution in [0.25, 0.3) is 0 Å². The Morgan fingerprint density at radius 2 is 2.14 bits per heavy atom. The van der Waals surface area contributed by atoms with E-state index in [0.717, 1.165) is 6.54 Å². The maximum Gasteiger partial charge on any atom is 0.221 e. The first-order valence-corrected chi connectivity index (χ1v) is 5.21. The average Bonchev–Trinajstić information content (AvgIpc) is 2.08. The third-order valence-corrected chi connectivity index (χ3v) is 1.69. The van der Waals surface area contributed by atoms with Crippen molar-refractivity contribution in [2.75, 3.05) is 19.6 Å². The Balaban J connectivity index is 3.31. The molecule has 0 rings (SSSR count). The van der Waals surface area contributed by atoms with Crippen molar-refractivity contribution in [2.45, 2.75) is 20.3 Å². The second kappa shape index (κ2) is 7.83. The van der Waals surface area contributed by atoms with Gasteiger partial charge in [-0.1, -0.05) is 32.0 Å². The summed E-state index contributed by atoms with van der Waals surface area (Å²) in [4.78, 5) is 11.2. The Morgan fingerprint density at radius 1 is 1.50 bits per heavy atom. The quantitative estimate of drug-likeness (QED) is 0.636. The van der Waals surface area contributed by atoms with E-state index in [4.69, 9.17) is 11.6 Å². The zero-order valence-corrected chi connectivity index (χ0v) is 9.66. The molecule has 0 bridgehead atoms. The zero-order valence-electron chi connectivity index (χ0n) is 8.90. The van der Waals surface area contributed by atoms with Gasteiger partial charge in [0.05, 0.1) is 0 Å². The Labute approximate surface area is 90.9 Å². The molecule has 0 aliphatic rings. The first kappa shape index (κ1) is 13.5. The minimum atomic E-state index is 0.0754. The van der Waals surface area contributed by atoms with E-state index < -0.39 is 0 Å². The molecule has 1 amide bonds. The molecule has 0 aromatic rings. The van der Waals surface area contributed by atoms with Crippen LogP contribution in [-0.4, -0.2) is 25.5 Å². The second-order valence-corrected chi connectivity index (χ2v) is 4.18. The number of nitrogens with one attached hydrogen (secondary N) is 2. The van der Waals surface area contributed by atoms with Crippen LogP contribution in [0.4, 0.5) is 0 Å². The highest BCUT2D eigenvalue weighted by molar-refractivity contribution is 6.29. The van der Waals surface area contributed by atoms with Crippen molar-refractivity contribution in [3.05, 3.63) is 11.6 Å². The van der Waals surface area contributed by atoms with Crippen molar-refractivity contribution >= 4 is 17.5 Å². The fraction of sp³-hybridized carbons (Fsp3) is 0.700. The summed E-state index contributed by atoms with van der Waals surface area (Å²) in [6.45, 7) is 9.59. The molecule has 0 aliphatic heterocycles. The molecule has 0 spiro atoms. The third-order valence-electron chi connectivity index (χ3n) is 1.55. The van der Waals surface area contributed by atoms with Crippen molar-refractivity contribution in [3.8, 4) is 0 Å². The minimum Gasteiger partial charge on any atom is -0.356 e. The Kier molecular flexibility index (Phi) is 7.52. The summed E-state index contributed by atoms with van der Waals surface area (Å²) in [7, 11) is 0. The van der Waals surface area contributed by atoms with Crippen LogP contribution >= 0.6 is 11.6 Å². The van der Waals surface area contributed by atoms with Gasteiger partial charge in [0.25, 0.3) is 0 Å². The van der Waals surface area contributed by atoms with Crippen molar-refractivity contribution < 1.29 is 4.79 Å². The number of carbonyl (C=O) groups is 1. The maximum atomic E-state index is 11.2. The van der Waals surface area contributed by atoms with Gasteiger partial charge in [0.2, 0.25) is 5.91 Å². The van der Waals surface area contributed by atoms with Gasteiger partial charge in [0.15, 0.2) is 0 Å². The molecule has 3 nitrogen and oxygen atoms in total. The van der Waals surface area contributed by atoms with Gasteiger partial charge < -0.3 is 10.6 Å². The molecule has 0 fully saturated rings. The molecule has 0 saturated heterocycles. The summed E-state index contributed by atoms with van der Waals surface area (Å²) in [6.07, 6.45) is 0.483. The Hall–Kier alpha value is -0.540. The van der Waals surface area contributed by atoms with Gasteiger partial charge in [-0.15, -0.1) is 0 Å². The smallest absolute Gasteiger partial charge is 0.221 e. The van der Waals surface area contributed by atoms with Gasteiger partial charge in [-0.05, 0) is 5.92 Å². The van der Waals surface area contributed by atoms with Crippen LogP contribution in [0, 0.1) is 5.92 Å². The first-order valence-electron chi connectivity index (χ1n) is 4.83. The molecule has 0 saturated carbocycles. The van der Waals surface area contributed by atoms with Gasteiger partial charge >= 0.3 is 0 Å². The predicted molar refractivity (Wildman–Crippen MR) is 60.3 cm³/mol. The van der Waals surface area contributed by atoms with Gasteiger partial charge in [0.1, 0.15) is 0 Å². The summed E-state index contributed by atoms with van der Waals surface area (Å²) in [5.74, 6) is 0.570. The highest BCUT2D eigenvalue weighted by atomic mass is 35.5. The molecular formula is C10H19ClN2O. The summed E-state index contributed by atoms with van der Waals surface area (Å²) in [5, 5.41) is 6.41. The van der Waals surface area contributed by atoms with Gasteiger partial charge in [-0.3, -0.25) is 4.79 Å². The van der Waals surface area contributed by atoms with Crippen molar-refractivity contribution in [1.29, 1.82) is 0 Å². The Morgan fingerprint density at radius 3 is 2.64 bits per heavy atom. The highest BCUT2D eigenvalue weighted by Crippen LogP contribution is 1.92. The van der Waals surface area contributed by atoms with Crippen molar-refractivity contribution in [3.63, 3.8) is 0 Å². The summed E-state index contributed by atoms with van der Waals surface area (Å²) in [6, 6.07) is 0. The SMILES string of the molecule is C=C(Cl)CNCCC(=O)NCC(C)C. The molecule has 0 radical (unpaired) electrons. The monoisotopic (exact) mass is 218 g/mol. The fourth-order valence-corrected chi connectivity index (χ4v) is 0.927. The van der Waals surface area contributed by atoms with Crippen LogP contribution in [0.3, 0.4) is 0 Å². The van der Waals surface area contributed by atoms with Gasteiger partial charge in [0, 0.05) is 31.1 Å². The van der Waals surface area contributed by atoms with E-state index in [2.05, 4.69) is 31.1 Å². The average molecular weight is 219 g/mol. The fourth-order valence-electron chi connectivity index (χ4n) is 0.832. The molecule has 0 aliphatic carbocycles. The minimum absolute atomic E-state index is 0.0754. The molecule has 82 valence electrons. The van der Waals surface area contributed by atoms with E-state index in [1.165, 1.54) is 0 Å². The number of amides is 1. The van der Waals surface area contributed by atoms with Crippen molar-refractivity contribution in [1.82, 2.24) is 10.6 Å². The number of hydrogen-bond acceptors (Lipinski definition) is 2. The molecule has 0 aromatic carbocycles. The molecule has 0 unspecified atom stereocenters. The summed E-state index contributed by atoms with van der Waals surface area (Å²) < 4.78 is 0. The molecule has 0 aromatic heterocycles.